The first-order valence-corrected chi connectivity index (χ1v) is 12.5. The predicted molar refractivity (Wildman–Crippen MR) is 132 cm³/mol. The summed E-state index contributed by atoms with van der Waals surface area (Å²) in [5.74, 6) is -0.384. The Labute approximate surface area is 198 Å². The highest BCUT2D eigenvalue weighted by Gasteiger charge is 2.29. The number of sulfonamides is 1. The van der Waals surface area contributed by atoms with Crippen molar-refractivity contribution in [3.8, 4) is 5.69 Å². The third kappa shape index (κ3) is 4.08. The molecule has 172 valence electrons. The van der Waals surface area contributed by atoms with Gasteiger partial charge in [-0.05, 0) is 73.9 Å². The number of carbonyl (C=O) groups excluding carboxylic acids is 1. The molecule has 5 rings (SSSR count). The Morgan fingerprint density at radius 3 is 2.62 bits per heavy atom. The average molecular weight is 473 g/mol. The minimum Gasteiger partial charge on any atom is -0.322 e. The Morgan fingerprint density at radius 2 is 1.79 bits per heavy atom. The van der Waals surface area contributed by atoms with Crippen molar-refractivity contribution in [1.29, 1.82) is 0 Å². The summed E-state index contributed by atoms with van der Waals surface area (Å²) in [4.78, 5) is 13.1. The zero-order valence-electron chi connectivity index (χ0n) is 18.7. The molecule has 4 aromatic rings. The molecular weight excluding hydrogens is 448 g/mol. The molecule has 1 amide bonds. The van der Waals surface area contributed by atoms with E-state index in [-0.39, 0.29) is 16.4 Å². The number of hydrogen-bond acceptors (Lipinski definition) is 4. The smallest absolute Gasteiger partial charge is 0.264 e. The lowest BCUT2D eigenvalue weighted by Crippen LogP contribution is -2.35. The van der Waals surface area contributed by atoms with E-state index in [1.54, 1.807) is 29.1 Å². The van der Waals surface area contributed by atoms with Gasteiger partial charge in [0.25, 0.3) is 15.9 Å². The summed E-state index contributed by atoms with van der Waals surface area (Å²) < 4.78 is 30.2. The molecule has 0 bridgehead atoms. The SMILES string of the molecule is Cc1ccnn1-c1cccc(NC(=O)c2cccc(S(=O)(=O)N3CCCc4ccccc43)c2)c1. The van der Waals surface area contributed by atoms with Crippen LogP contribution in [0.5, 0.6) is 0 Å². The van der Waals surface area contributed by atoms with Gasteiger partial charge in [-0.15, -0.1) is 0 Å². The number of hydrogen-bond donors (Lipinski definition) is 1. The Morgan fingerprint density at radius 1 is 0.971 bits per heavy atom. The molecule has 0 fully saturated rings. The maximum absolute atomic E-state index is 13.5. The van der Waals surface area contributed by atoms with Gasteiger partial charge < -0.3 is 5.32 Å². The van der Waals surface area contributed by atoms with Crippen LogP contribution in [0, 0.1) is 6.92 Å². The van der Waals surface area contributed by atoms with Crippen molar-refractivity contribution in [1.82, 2.24) is 9.78 Å². The number of rotatable bonds is 5. The fourth-order valence-corrected chi connectivity index (χ4v) is 5.82. The fourth-order valence-electron chi connectivity index (χ4n) is 4.23. The number of aromatic nitrogens is 2. The number of carbonyl (C=O) groups is 1. The Kier molecular flexibility index (Phi) is 5.67. The number of amides is 1. The van der Waals surface area contributed by atoms with Crippen molar-refractivity contribution < 1.29 is 13.2 Å². The Balaban J connectivity index is 1.41. The van der Waals surface area contributed by atoms with Crippen LogP contribution in [0.3, 0.4) is 0 Å². The normalized spacial score (nSPS) is 13.4. The Bertz CT molecular complexity index is 1480. The molecule has 0 atom stereocenters. The number of aryl methyl sites for hydroxylation is 2. The molecule has 3 aromatic carbocycles. The van der Waals surface area contributed by atoms with Crippen LogP contribution < -0.4 is 9.62 Å². The van der Waals surface area contributed by atoms with Gasteiger partial charge in [0.2, 0.25) is 0 Å². The van der Waals surface area contributed by atoms with Gasteiger partial charge in [-0.25, -0.2) is 13.1 Å². The second kappa shape index (κ2) is 8.79. The van der Waals surface area contributed by atoms with Crippen molar-refractivity contribution in [2.75, 3.05) is 16.2 Å². The maximum Gasteiger partial charge on any atom is 0.264 e. The largest absolute Gasteiger partial charge is 0.322 e. The van der Waals surface area contributed by atoms with Crippen molar-refractivity contribution in [2.24, 2.45) is 0 Å². The van der Waals surface area contributed by atoms with Gasteiger partial charge >= 0.3 is 0 Å². The maximum atomic E-state index is 13.5. The molecule has 0 unspecified atom stereocenters. The van der Waals surface area contributed by atoms with E-state index < -0.39 is 10.0 Å². The molecular formula is C26H24N4O3S. The average Bonchev–Trinajstić information content (AvgIpc) is 3.29. The first-order valence-electron chi connectivity index (χ1n) is 11.1. The number of benzene rings is 3. The summed E-state index contributed by atoms with van der Waals surface area (Å²) in [5.41, 5.74) is 4.37. The molecule has 8 heteroatoms. The second-order valence-corrected chi connectivity index (χ2v) is 10.1. The summed E-state index contributed by atoms with van der Waals surface area (Å²) in [6.45, 7) is 2.36. The minimum atomic E-state index is -3.80. The van der Waals surface area contributed by atoms with E-state index >= 15 is 0 Å². The van der Waals surface area contributed by atoms with Crippen LogP contribution in [-0.4, -0.2) is 30.7 Å². The van der Waals surface area contributed by atoms with E-state index in [1.165, 1.54) is 16.4 Å². The fraction of sp³-hybridized carbons (Fsp3) is 0.154. The summed E-state index contributed by atoms with van der Waals surface area (Å²) in [6.07, 6.45) is 3.32. The molecule has 0 spiro atoms. The first-order chi connectivity index (χ1) is 16.4. The monoisotopic (exact) mass is 472 g/mol. The summed E-state index contributed by atoms with van der Waals surface area (Å²) >= 11 is 0. The summed E-state index contributed by atoms with van der Waals surface area (Å²) in [6, 6.07) is 23.0. The van der Waals surface area contributed by atoms with E-state index in [1.807, 2.05) is 55.5 Å². The zero-order valence-corrected chi connectivity index (χ0v) is 19.5. The topological polar surface area (TPSA) is 84.3 Å². The molecule has 1 N–H and O–H groups in total. The molecule has 0 saturated carbocycles. The van der Waals surface area contributed by atoms with Crippen molar-refractivity contribution in [3.05, 3.63) is 102 Å². The number of nitrogens with zero attached hydrogens (tertiary/aromatic N) is 3. The summed E-state index contributed by atoms with van der Waals surface area (Å²) in [5, 5.41) is 7.16. The molecule has 0 aliphatic carbocycles. The quantitative estimate of drug-likeness (QED) is 0.461. The first kappa shape index (κ1) is 21.9. The van der Waals surface area contributed by atoms with Crippen LogP contribution in [0.25, 0.3) is 5.69 Å². The minimum absolute atomic E-state index is 0.0952. The number of nitrogens with one attached hydrogen (secondary N) is 1. The predicted octanol–water partition coefficient (Wildman–Crippen LogP) is 4.57. The van der Waals surface area contributed by atoms with Gasteiger partial charge in [0.15, 0.2) is 0 Å². The van der Waals surface area contributed by atoms with Crippen LogP contribution in [0.1, 0.15) is 28.0 Å². The van der Waals surface area contributed by atoms with Crippen LogP contribution in [0.2, 0.25) is 0 Å². The van der Waals surface area contributed by atoms with Crippen molar-refractivity contribution in [2.45, 2.75) is 24.7 Å². The molecule has 0 saturated heterocycles. The van der Waals surface area contributed by atoms with Gasteiger partial charge in [0.1, 0.15) is 0 Å². The molecule has 0 radical (unpaired) electrons. The number of fused-ring (bicyclic) bond motifs is 1. The molecule has 1 aliphatic rings. The van der Waals surface area contributed by atoms with Crippen molar-refractivity contribution in [3.63, 3.8) is 0 Å². The van der Waals surface area contributed by atoms with Gasteiger partial charge in [0, 0.05) is 29.7 Å². The van der Waals surface area contributed by atoms with Crippen LogP contribution >= 0.6 is 0 Å². The van der Waals surface area contributed by atoms with Crippen LogP contribution in [-0.2, 0) is 16.4 Å². The molecule has 1 aliphatic heterocycles. The highest BCUT2D eigenvalue weighted by atomic mass is 32.2. The van der Waals surface area contributed by atoms with Gasteiger partial charge in [-0.3, -0.25) is 9.10 Å². The lowest BCUT2D eigenvalue weighted by atomic mass is 10.0. The lowest BCUT2D eigenvalue weighted by molar-refractivity contribution is 0.102. The van der Waals surface area contributed by atoms with Crippen molar-refractivity contribution >= 4 is 27.3 Å². The number of para-hydroxylation sites is 1. The zero-order chi connectivity index (χ0) is 23.7. The van der Waals surface area contributed by atoms with Crippen LogP contribution in [0.15, 0.2) is 90.0 Å². The third-order valence-electron chi connectivity index (χ3n) is 5.93. The molecule has 7 nitrogen and oxygen atoms in total. The molecule has 1 aromatic heterocycles. The second-order valence-electron chi connectivity index (χ2n) is 8.23. The van der Waals surface area contributed by atoms with Gasteiger partial charge in [-0.1, -0.05) is 30.3 Å². The highest BCUT2D eigenvalue weighted by Crippen LogP contribution is 2.32. The molecule has 34 heavy (non-hydrogen) atoms. The van der Waals surface area contributed by atoms with E-state index in [2.05, 4.69) is 10.4 Å². The third-order valence-corrected chi connectivity index (χ3v) is 7.74. The standard InChI is InChI=1S/C26H24N4O3S/c1-19-14-15-27-30(19)23-11-5-10-22(18-23)28-26(31)21-8-4-12-24(17-21)34(32,33)29-16-6-9-20-7-2-3-13-25(20)29/h2-5,7-8,10-15,17-18H,6,9,16H2,1H3,(H,28,31). The van der Waals surface area contributed by atoms with Crippen LogP contribution in [0.4, 0.5) is 11.4 Å². The van der Waals surface area contributed by atoms with Gasteiger partial charge in [-0.2, -0.15) is 5.10 Å². The number of anilines is 2. The Hall–Kier alpha value is -3.91. The van der Waals surface area contributed by atoms with E-state index in [9.17, 15) is 13.2 Å². The lowest BCUT2D eigenvalue weighted by Gasteiger charge is -2.30. The van der Waals surface area contributed by atoms with Gasteiger partial charge in [0.05, 0.1) is 16.3 Å². The summed E-state index contributed by atoms with van der Waals surface area (Å²) in [7, 11) is -3.80. The highest BCUT2D eigenvalue weighted by molar-refractivity contribution is 7.92. The van der Waals surface area contributed by atoms with E-state index in [4.69, 9.17) is 0 Å². The molecule has 2 heterocycles. The van der Waals surface area contributed by atoms with E-state index in [0.717, 1.165) is 29.8 Å². The van der Waals surface area contributed by atoms with E-state index in [0.29, 0.717) is 17.9 Å².